The first-order chi connectivity index (χ1) is 11.8. The van der Waals surface area contributed by atoms with Crippen molar-refractivity contribution < 1.29 is 4.79 Å². The summed E-state index contributed by atoms with van der Waals surface area (Å²) >= 11 is 0. The van der Waals surface area contributed by atoms with Gasteiger partial charge in [0, 0.05) is 19.5 Å². The molecule has 0 radical (unpaired) electrons. The van der Waals surface area contributed by atoms with E-state index in [1.807, 2.05) is 12.1 Å². The second kappa shape index (κ2) is 8.10. The Hall–Kier alpha value is -2.89. The van der Waals surface area contributed by atoms with Gasteiger partial charge in [-0.3, -0.25) is 5.10 Å². The monoisotopic (exact) mass is 323 g/mol. The van der Waals surface area contributed by atoms with E-state index in [1.165, 1.54) is 22.7 Å². The number of carbonyl (C=O) groups is 1. The van der Waals surface area contributed by atoms with Crippen LogP contribution in [0.1, 0.15) is 17.8 Å². The zero-order valence-corrected chi connectivity index (χ0v) is 13.5. The first-order valence-corrected chi connectivity index (χ1v) is 8.15. The number of aromatic amines is 1. The van der Waals surface area contributed by atoms with Crippen LogP contribution in [0.2, 0.25) is 0 Å². The molecule has 0 bridgehead atoms. The summed E-state index contributed by atoms with van der Waals surface area (Å²) in [5, 5.41) is 14.8. The molecule has 0 saturated carbocycles. The van der Waals surface area contributed by atoms with Crippen LogP contribution in [0.4, 0.5) is 4.79 Å². The Labute approximate surface area is 140 Å². The van der Waals surface area contributed by atoms with Crippen LogP contribution in [0.15, 0.2) is 48.8 Å². The van der Waals surface area contributed by atoms with Gasteiger partial charge in [-0.05, 0) is 29.2 Å². The Kier molecular flexibility index (Phi) is 5.40. The summed E-state index contributed by atoms with van der Waals surface area (Å²) in [7, 11) is 0. The number of H-pyrrole nitrogens is 1. The lowest BCUT2D eigenvalue weighted by atomic mass is 10.1. The predicted octanol–water partition coefficient (Wildman–Crippen LogP) is 2.43. The highest BCUT2D eigenvalue weighted by atomic mass is 16.2. The van der Waals surface area contributed by atoms with E-state index in [2.05, 4.69) is 56.1 Å². The summed E-state index contributed by atoms with van der Waals surface area (Å²) in [6.07, 6.45) is 3.91. The van der Waals surface area contributed by atoms with Crippen molar-refractivity contribution in [1.82, 2.24) is 25.8 Å². The quantitative estimate of drug-likeness (QED) is 0.584. The molecule has 3 aromatic rings. The molecule has 124 valence electrons. The highest BCUT2D eigenvalue weighted by Crippen LogP contribution is 2.15. The number of nitrogens with one attached hydrogen (secondary N) is 3. The molecular weight excluding hydrogens is 302 g/mol. The Morgan fingerprint density at radius 2 is 1.83 bits per heavy atom. The topological polar surface area (TPSA) is 82.7 Å². The van der Waals surface area contributed by atoms with E-state index >= 15 is 0 Å². The Bertz CT molecular complexity index is 785. The maximum atomic E-state index is 11.7. The summed E-state index contributed by atoms with van der Waals surface area (Å²) in [5.41, 5.74) is 1.22. The van der Waals surface area contributed by atoms with Gasteiger partial charge in [0.2, 0.25) is 0 Å². The normalized spacial score (nSPS) is 10.7. The third-order valence-electron chi connectivity index (χ3n) is 3.85. The number of rotatable bonds is 7. The number of aryl methyl sites for hydroxylation is 1. The Morgan fingerprint density at radius 3 is 2.67 bits per heavy atom. The van der Waals surface area contributed by atoms with Crippen molar-refractivity contribution in [3.05, 3.63) is 60.2 Å². The fraction of sp³-hybridized carbons (Fsp3) is 0.278. The molecule has 6 nitrogen and oxygen atoms in total. The zero-order valence-electron chi connectivity index (χ0n) is 13.5. The lowest BCUT2D eigenvalue weighted by Gasteiger charge is -2.08. The zero-order chi connectivity index (χ0) is 16.6. The summed E-state index contributed by atoms with van der Waals surface area (Å²) < 4.78 is 0. The molecule has 2 amide bonds. The molecule has 0 aliphatic heterocycles. The van der Waals surface area contributed by atoms with Crippen LogP contribution in [-0.4, -0.2) is 34.3 Å². The third kappa shape index (κ3) is 4.55. The van der Waals surface area contributed by atoms with Gasteiger partial charge in [0.1, 0.15) is 12.2 Å². The van der Waals surface area contributed by atoms with Crippen molar-refractivity contribution in [2.75, 3.05) is 13.1 Å². The van der Waals surface area contributed by atoms with Crippen molar-refractivity contribution in [2.24, 2.45) is 0 Å². The molecule has 0 unspecified atom stereocenters. The molecule has 0 aliphatic rings. The number of carbonyl (C=O) groups excluding carboxylic acids is 1. The van der Waals surface area contributed by atoms with Crippen LogP contribution in [0.25, 0.3) is 10.8 Å². The van der Waals surface area contributed by atoms with Gasteiger partial charge in [-0.2, -0.15) is 5.10 Å². The molecule has 0 aliphatic carbocycles. The van der Waals surface area contributed by atoms with Gasteiger partial charge in [0.15, 0.2) is 0 Å². The van der Waals surface area contributed by atoms with Gasteiger partial charge in [-0.15, -0.1) is 0 Å². The number of fused-ring (bicyclic) bond motifs is 1. The van der Waals surface area contributed by atoms with Crippen LogP contribution < -0.4 is 10.6 Å². The molecule has 2 aromatic carbocycles. The van der Waals surface area contributed by atoms with Crippen LogP contribution in [-0.2, 0) is 12.8 Å². The fourth-order valence-electron chi connectivity index (χ4n) is 2.59. The van der Waals surface area contributed by atoms with E-state index < -0.39 is 0 Å². The number of nitrogens with zero attached hydrogens (tertiary/aromatic N) is 2. The number of hydrogen-bond donors (Lipinski definition) is 3. The van der Waals surface area contributed by atoms with Crippen LogP contribution in [0.5, 0.6) is 0 Å². The Balaban J connectivity index is 1.35. The van der Waals surface area contributed by atoms with Gasteiger partial charge >= 0.3 is 6.03 Å². The highest BCUT2D eigenvalue weighted by Gasteiger charge is 2.01. The van der Waals surface area contributed by atoms with E-state index in [4.69, 9.17) is 0 Å². The summed E-state index contributed by atoms with van der Waals surface area (Å²) in [6, 6.07) is 14.6. The average molecular weight is 323 g/mol. The number of benzene rings is 2. The molecule has 0 atom stereocenters. The number of urea groups is 1. The molecule has 24 heavy (non-hydrogen) atoms. The first kappa shape index (κ1) is 16.0. The minimum absolute atomic E-state index is 0.131. The van der Waals surface area contributed by atoms with Crippen molar-refractivity contribution in [2.45, 2.75) is 19.3 Å². The predicted molar refractivity (Wildman–Crippen MR) is 93.8 cm³/mol. The largest absolute Gasteiger partial charge is 0.338 e. The fourth-order valence-corrected chi connectivity index (χ4v) is 2.59. The number of hydrogen-bond acceptors (Lipinski definition) is 3. The molecule has 0 saturated heterocycles. The highest BCUT2D eigenvalue weighted by molar-refractivity contribution is 5.83. The maximum Gasteiger partial charge on any atom is 0.314 e. The summed E-state index contributed by atoms with van der Waals surface area (Å²) in [6.45, 7) is 1.23. The minimum atomic E-state index is -0.131. The molecule has 6 heteroatoms. The van der Waals surface area contributed by atoms with Crippen molar-refractivity contribution in [3.63, 3.8) is 0 Å². The average Bonchev–Trinajstić information content (AvgIpc) is 3.12. The lowest BCUT2D eigenvalue weighted by molar-refractivity contribution is 0.241. The van der Waals surface area contributed by atoms with E-state index in [-0.39, 0.29) is 6.03 Å². The summed E-state index contributed by atoms with van der Waals surface area (Å²) in [5.74, 6) is 0.841. The van der Waals surface area contributed by atoms with Crippen molar-refractivity contribution in [1.29, 1.82) is 0 Å². The van der Waals surface area contributed by atoms with Crippen molar-refractivity contribution >= 4 is 16.8 Å². The maximum absolute atomic E-state index is 11.7. The second-order valence-corrected chi connectivity index (χ2v) is 5.65. The van der Waals surface area contributed by atoms with Gasteiger partial charge < -0.3 is 10.6 Å². The van der Waals surface area contributed by atoms with E-state index in [1.54, 1.807) is 0 Å². The molecule has 1 aromatic heterocycles. The molecule has 0 fully saturated rings. The van der Waals surface area contributed by atoms with E-state index in [9.17, 15) is 4.79 Å². The molecule has 3 N–H and O–H groups in total. The number of amides is 2. The van der Waals surface area contributed by atoms with E-state index in [0.717, 1.165) is 25.1 Å². The minimum Gasteiger partial charge on any atom is -0.338 e. The third-order valence-corrected chi connectivity index (χ3v) is 3.85. The van der Waals surface area contributed by atoms with Gasteiger partial charge in [-0.1, -0.05) is 42.5 Å². The molecular formula is C18H21N5O. The second-order valence-electron chi connectivity index (χ2n) is 5.65. The first-order valence-electron chi connectivity index (χ1n) is 8.15. The molecule has 3 rings (SSSR count). The molecule has 1 heterocycles. The van der Waals surface area contributed by atoms with Crippen LogP contribution in [0, 0.1) is 0 Å². The SMILES string of the molecule is O=C(NCCCc1ncn[nH]1)NCCc1ccc2ccccc2c1. The molecule has 0 spiro atoms. The van der Waals surface area contributed by atoms with Crippen LogP contribution in [0.3, 0.4) is 0 Å². The van der Waals surface area contributed by atoms with Crippen LogP contribution >= 0.6 is 0 Å². The smallest absolute Gasteiger partial charge is 0.314 e. The lowest BCUT2D eigenvalue weighted by Crippen LogP contribution is -2.37. The van der Waals surface area contributed by atoms with Crippen molar-refractivity contribution in [3.8, 4) is 0 Å². The number of aromatic nitrogens is 3. The van der Waals surface area contributed by atoms with E-state index in [0.29, 0.717) is 13.1 Å². The van der Waals surface area contributed by atoms with Gasteiger partial charge in [-0.25, -0.2) is 9.78 Å². The standard InChI is InChI=1S/C18H21N5O/c24-18(19-10-3-6-17-21-13-22-23-17)20-11-9-14-7-8-15-4-1-2-5-16(15)12-14/h1-2,4-5,7-8,12-13H,3,6,9-11H2,(H2,19,20,24)(H,21,22,23). The Morgan fingerprint density at radius 1 is 1.00 bits per heavy atom. The summed E-state index contributed by atoms with van der Waals surface area (Å²) in [4.78, 5) is 15.8. The van der Waals surface area contributed by atoms with Gasteiger partial charge in [0.25, 0.3) is 0 Å². The van der Waals surface area contributed by atoms with Gasteiger partial charge in [0.05, 0.1) is 0 Å².